The van der Waals surface area contributed by atoms with Gasteiger partial charge in [0, 0.05) is 10.5 Å². The van der Waals surface area contributed by atoms with E-state index >= 15 is 0 Å². The average Bonchev–Trinajstić information content (AvgIpc) is 2.42. The number of ketones is 1. The standard InChI is InChI=1S/C11H10F3N3O3/c12-11(13,14)10(20)7-3-1-6(2-4-7)9(19)8(18)5-16-17-15/h1-4,8-9,18-19H,5H2. The molecule has 0 heterocycles. The Bertz CT molecular complexity index is 524. The summed E-state index contributed by atoms with van der Waals surface area (Å²) in [4.78, 5) is 13.3. The van der Waals surface area contributed by atoms with Crippen molar-refractivity contribution in [3.63, 3.8) is 0 Å². The van der Waals surface area contributed by atoms with Crippen LogP contribution in [0.2, 0.25) is 0 Å². The summed E-state index contributed by atoms with van der Waals surface area (Å²) in [5, 5.41) is 22.2. The lowest BCUT2D eigenvalue weighted by Crippen LogP contribution is -2.23. The van der Waals surface area contributed by atoms with Crippen LogP contribution in [0.15, 0.2) is 29.4 Å². The molecule has 2 atom stereocenters. The third kappa shape index (κ3) is 3.95. The van der Waals surface area contributed by atoms with Crippen LogP contribution in [0.4, 0.5) is 13.2 Å². The highest BCUT2D eigenvalue weighted by Crippen LogP contribution is 2.23. The van der Waals surface area contributed by atoms with Gasteiger partial charge >= 0.3 is 6.18 Å². The predicted octanol–water partition coefficient (Wildman–Crippen LogP) is 2.14. The molecule has 0 radical (unpaired) electrons. The molecule has 0 bridgehead atoms. The molecule has 9 heteroatoms. The van der Waals surface area contributed by atoms with Gasteiger partial charge in [-0.2, -0.15) is 13.2 Å². The monoisotopic (exact) mass is 289 g/mol. The van der Waals surface area contributed by atoms with Crippen molar-refractivity contribution in [3.05, 3.63) is 45.8 Å². The number of aliphatic hydroxyl groups is 2. The first-order valence-corrected chi connectivity index (χ1v) is 5.36. The lowest BCUT2D eigenvalue weighted by Gasteiger charge is -2.16. The third-order valence-corrected chi connectivity index (χ3v) is 2.47. The van der Waals surface area contributed by atoms with Crippen molar-refractivity contribution in [1.29, 1.82) is 0 Å². The lowest BCUT2D eigenvalue weighted by atomic mass is 10.0. The fraction of sp³-hybridized carbons (Fsp3) is 0.364. The molecule has 1 aromatic rings. The number of hydrogen-bond acceptors (Lipinski definition) is 4. The third-order valence-electron chi connectivity index (χ3n) is 2.47. The fourth-order valence-corrected chi connectivity index (χ4v) is 1.44. The molecule has 0 aliphatic heterocycles. The predicted molar refractivity (Wildman–Crippen MR) is 61.8 cm³/mol. The quantitative estimate of drug-likeness (QED) is 0.375. The molecule has 0 spiro atoms. The zero-order chi connectivity index (χ0) is 15.3. The van der Waals surface area contributed by atoms with Crippen LogP contribution in [0.3, 0.4) is 0 Å². The van der Waals surface area contributed by atoms with Crippen molar-refractivity contribution in [2.75, 3.05) is 6.54 Å². The van der Waals surface area contributed by atoms with Crippen LogP contribution in [0.5, 0.6) is 0 Å². The Morgan fingerprint density at radius 1 is 1.30 bits per heavy atom. The van der Waals surface area contributed by atoms with Gasteiger partial charge in [0.05, 0.1) is 12.6 Å². The lowest BCUT2D eigenvalue weighted by molar-refractivity contribution is -0.0885. The summed E-state index contributed by atoms with van der Waals surface area (Å²) in [6, 6.07) is 3.97. The van der Waals surface area contributed by atoms with E-state index in [1.807, 2.05) is 0 Å². The smallest absolute Gasteiger partial charge is 0.390 e. The van der Waals surface area contributed by atoms with Crippen molar-refractivity contribution in [2.45, 2.75) is 18.4 Å². The van der Waals surface area contributed by atoms with Gasteiger partial charge in [-0.15, -0.1) is 0 Å². The van der Waals surface area contributed by atoms with E-state index in [4.69, 9.17) is 5.53 Å². The van der Waals surface area contributed by atoms with Gasteiger partial charge < -0.3 is 10.2 Å². The summed E-state index contributed by atoms with van der Waals surface area (Å²) in [6.45, 7) is -0.388. The van der Waals surface area contributed by atoms with E-state index in [1.165, 1.54) is 0 Å². The van der Waals surface area contributed by atoms with Gasteiger partial charge in [-0.05, 0) is 11.1 Å². The van der Waals surface area contributed by atoms with Crippen molar-refractivity contribution in [2.24, 2.45) is 5.11 Å². The molecular formula is C11H10F3N3O3. The molecule has 0 aromatic heterocycles. The second-order valence-electron chi connectivity index (χ2n) is 3.87. The van der Waals surface area contributed by atoms with Crippen LogP contribution < -0.4 is 0 Å². The fourth-order valence-electron chi connectivity index (χ4n) is 1.44. The van der Waals surface area contributed by atoms with Crippen LogP contribution in [0.25, 0.3) is 10.4 Å². The number of nitrogens with zero attached hydrogens (tertiary/aromatic N) is 3. The van der Waals surface area contributed by atoms with Crippen LogP contribution in [0, 0.1) is 0 Å². The second-order valence-corrected chi connectivity index (χ2v) is 3.87. The summed E-state index contributed by atoms with van der Waals surface area (Å²) in [7, 11) is 0. The summed E-state index contributed by atoms with van der Waals surface area (Å²) in [6.07, 6.45) is -7.80. The van der Waals surface area contributed by atoms with Crippen LogP contribution in [0.1, 0.15) is 22.0 Å². The normalized spacial score (nSPS) is 14.2. The zero-order valence-electron chi connectivity index (χ0n) is 9.95. The number of alkyl halides is 3. The first-order valence-electron chi connectivity index (χ1n) is 5.36. The summed E-state index contributed by atoms with van der Waals surface area (Å²) in [5.74, 6) is -1.99. The molecule has 1 aromatic carbocycles. The van der Waals surface area contributed by atoms with Crippen molar-refractivity contribution >= 4 is 5.78 Å². The molecule has 0 amide bonds. The van der Waals surface area contributed by atoms with Gasteiger partial charge in [0.2, 0.25) is 0 Å². The molecule has 6 nitrogen and oxygen atoms in total. The van der Waals surface area contributed by atoms with Gasteiger partial charge in [-0.3, -0.25) is 4.79 Å². The van der Waals surface area contributed by atoms with Crippen LogP contribution in [-0.4, -0.2) is 34.8 Å². The Morgan fingerprint density at radius 3 is 2.30 bits per heavy atom. The molecular weight excluding hydrogens is 279 g/mol. The number of Topliss-reactive ketones (excluding diaryl/α,β-unsaturated/α-hetero) is 1. The molecule has 1 rings (SSSR count). The van der Waals surface area contributed by atoms with Crippen molar-refractivity contribution < 1.29 is 28.2 Å². The molecule has 0 saturated carbocycles. The van der Waals surface area contributed by atoms with Gasteiger partial charge in [0.25, 0.3) is 5.78 Å². The SMILES string of the molecule is [N-]=[N+]=NCC(O)C(O)c1ccc(C(=O)C(F)(F)F)cc1. The minimum atomic E-state index is -4.97. The Balaban J connectivity index is 2.86. The van der Waals surface area contributed by atoms with E-state index < -0.39 is 29.7 Å². The van der Waals surface area contributed by atoms with Crippen molar-refractivity contribution in [3.8, 4) is 0 Å². The summed E-state index contributed by atoms with van der Waals surface area (Å²) in [5.41, 5.74) is 7.59. The number of hydrogen-bond donors (Lipinski definition) is 2. The number of carbonyl (C=O) groups is 1. The Hall–Kier alpha value is -2.09. The molecule has 2 unspecified atom stereocenters. The Morgan fingerprint density at radius 2 is 1.85 bits per heavy atom. The van der Waals surface area contributed by atoms with Gasteiger partial charge in [-0.1, -0.05) is 29.4 Å². The molecule has 20 heavy (non-hydrogen) atoms. The summed E-state index contributed by atoms with van der Waals surface area (Å²) >= 11 is 0. The number of carbonyl (C=O) groups excluding carboxylic acids is 1. The Kier molecular flexibility index (Phi) is 5.09. The minimum absolute atomic E-state index is 0.101. The number of halogens is 3. The molecule has 108 valence electrons. The average molecular weight is 289 g/mol. The maximum absolute atomic E-state index is 12.2. The maximum Gasteiger partial charge on any atom is 0.454 e. The number of benzene rings is 1. The van der Waals surface area contributed by atoms with Gasteiger partial charge in [0.15, 0.2) is 0 Å². The number of rotatable bonds is 5. The van der Waals surface area contributed by atoms with E-state index in [2.05, 4.69) is 10.0 Å². The molecule has 2 N–H and O–H groups in total. The Labute approximate surface area is 111 Å². The summed E-state index contributed by atoms with van der Waals surface area (Å²) < 4.78 is 36.5. The van der Waals surface area contributed by atoms with E-state index in [-0.39, 0.29) is 12.1 Å². The molecule has 0 fully saturated rings. The molecule has 0 aliphatic carbocycles. The number of azide groups is 1. The van der Waals surface area contributed by atoms with Crippen molar-refractivity contribution in [1.82, 2.24) is 0 Å². The van der Waals surface area contributed by atoms with E-state index in [9.17, 15) is 28.2 Å². The van der Waals surface area contributed by atoms with Gasteiger partial charge in [-0.25, -0.2) is 0 Å². The maximum atomic E-state index is 12.2. The van der Waals surface area contributed by atoms with Gasteiger partial charge in [0.1, 0.15) is 6.10 Å². The topological polar surface area (TPSA) is 106 Å². The van der Waals surface area contributed by atoms with E-state index in [0.29, 0.717) is 0 Å². The molecule has 0 aliphatic rings. The number of aliphatic hydroxyl groups excluding tert-OH is 2. The largest absolute Gasteiger partial charge is 0.454 e. The highest BCUT2D eigenvalue weighted by atomic mass is 19.4. The van der Waals surface area contributed by atoms with Crippen LogP contribution in [-0.2, 0) is 0 Å². The van der Waals surface area contributed by atoms with E-state index in [1.54, 1.807) is 0 Å². The minimum Gasteiger partial charge on any atom is -0.390 e. The second kappa shape index (κ2) is 6.38. The first-order chi connectivity index (χ1) is 9.27. The zero-order valence-corrected chi connectivity index (χ0v) is 9.95. The van der Waals surface area contributed by atoms with E-state index in [0.717, 1.165) is 24.3 Å². The first kappa shape index (κ1) is 16.0. The molecule has 0 saturated heterocycles. The van der Waals surface area contributed by atoms with Crippen LogP contribution >= 0.6 is 0 Å². The highest BCUT2D eigenvalue weighted by Gasteiger charge is 2.39. The highest BCUT2D eigenvalue weighted by molar-refractivity contribution is 6.00.